The molecule has 0 unspecified atom stereocenters. The molecule has 0 saturated heterocycles. The van der Waals surface area contributed by atoms with Crippen molar-refractivity contribution in [1.82, 2.24) is 0 Å². The Hall–Kier alpha value is -1.29. The molecule has 0 aliphatic rings. The lowest BCUT2D eigenvalue weighted by molar-refractivity contribution is 0.257. The summed E-state index contributed by atoms with van der Waals surface area (Å²) in [5.41, 5.74) is 0.904. The monoisotopic (exact) mass is 300 g/mol. The van der Waals surface area contributed by atoms with E-state index in [1.165, 1.54) is 6.07 Å². The van der Waals surface area contributed by atoms with Crippen LogP contribution < -0.4 is 4.74 Å². The number of rotatable bonds is 4. The highest BCUT2D eigenvalue weighted by atomic mass is 35.5. The lowest BCUT2D eigenvalue weighted by Gasteiger charge is -2.11. The molecule has 1 N–H and O–H groups in total. The van der Waals surface area contributed by atoms with Gasteiger partial charge in [0.2, 0.25) is 0 Å². The highest BCUT2D eigenvalue weighted by Crippen LogP contribution is 2.25. The van der Waals surface area contributed by atoms with E-state index in [0.29, 0.717) is 21.9 Å². The van der Waals surface area contributed by atoms with E-state index in [4.69, 9.17) is 27.9 Å². The largest absolute Gasteiger partial charge is 0.488 e. The van der Waals surface area contributed by atoms with Crippen molar-refractivity contribution in [2.75, 3.05) is 0 Å². The number of aliphatic hydroxyl groups is 1. The molecule has 2 rings (SSSR count). The first kappa shape index (κ1) is 14.1. The Kier molecular flexibility index (Phi) is 4.64. The SMILES string of the molecule is OCc1cc(Cl)ccc1OCc1cccc(Cl)c1F. The molecule has 0 bridgehead atoms. The summed E-state index contributed by atoms with van der Waals surface area (Å²) in [6, 6.07) is 9.60. The van der Waals surface area contributed by atoms with Crippen molar-refractivity contribution in [2.24, 2.45) is 0 Å². The smallest absolute Gasteiger partial charge is 0.148 e. The van der Waals surface area contributed by atoms with Crippen molar-refractivity contribution in [2.45, 2.75) is 13.2 Å². The molecule has 0 atom stereocenters. The van der Waals surface area contributed by atoms with Gasteiger partial charge in [-0.3, -0.25) is 0 Å². The summed E-state index contributed by atoms with van der Waals surface area (Å²) in [7, 11) is 0. The first-order chi connectivity index (χ1) is 9.11. The van der Waals surface area contributed by atoms with E-state index in [1.807, 2.05) is 0 Å². The van der Waals surface area contributed by atoms with E-state index in [9.17, 15) is 9.50 Å². The fourth-order valence-electron chi connectivity index (χ4n) is 1.63. The molecular weight excluding hydrogens is 290 g/mol. The molecule has 0 aromatic heterocycles. The minimum absolute atomic E-state index is 0.0288. The van der Waals surface area contributed by atoms with Crippen LogP contribution in [-0.4, -0.2) is 5.11 Å². The maximum Gasteiger partial charge on any atom is 0.148 e. The van der Waals surface area contributed by atoms with E-state index < -0.39 is 5.82 Å². The van der Waals surface area contributed by atoms with Gasteiger partial charge < -0.3 is 9.84 Å². The Morgan fingerprint density at radius 3 is 2.63 bits per heavy atom. The van der Waals surface area contributed by atoms with Crippen molar-refractivity contribution in [1.29, 1.82) is 0 Å². The van der Waals surface area contributed by atoms with Crippen LogP contribution in [0.1, 0.15) is 11.1 Å². The average molecular weight is 301 g/mol. The summed E-state index contributed by atoms with van der Waals surface area (Å²) < 4.78 is 19.2. The van der Waals surface area contributed by atoms with E-state index in [1.54, 1.807) is 30.3 Å². The third-order valence-electron chi connectivity index (χ3n) is 2.61. The Bertz CT molecular complexity index is 588. The summed E-state index contributed by atoms with van der Waals surface area (Å²) in [6.07, 6.45) is 0. The van der Waals surface area contributed by atoms with Crippen molar-refractivity contribution in [3.63, 3.8) is 0 Å². The molecule has 2 aromatic rings. The second kappa shape index (κ2) is 6.24. The van der Waals surface area contributed by atoms with Gasteiger partial charge in [-0.15, -0.1) is 0 Å². The van der Waals surface area contributed by atoms with Gasteiger partial charge in [0.1, 0.15) is 18.2 Å². The zero-order valence-corrected chi connectivity index (χ0v) is 11.4. The highest BCUT2D eigenvalue weighted by molar-refractivity contribution is 6.31. The standard InChI is InChI=1S/C14H11Cl2FO2/c15-11-4-5-13(10(6-11)7-18)19-8-9-2-1-3-12(16)14(9)17/h1-6,18H,7-8H2. The molecule has 2 aromatic carbocycles. The first-order valence-corrected chi connectivity index (χ1v) is 6.32. The number of aliphatic hydroxyl groups excluding tert-OH is 1. The number of hydrogen-bond acceptors (Lipinski definition) is 2. The summed E-state index contributed by atoms with van der Waals surface area (Å²) in [5, 5.41) is 9.77. The number of hydrogen-bond donors (Lipinski definition) is 1. The molecular formula is C14H11Cl2FO2. The quantitative estimate of drug-likeness (QED) is 0.917. The van der Waals surface area contributed by atoms with Crippen molar-refractivity contribution >= 4 is 23.2 Å². The van der Waals surface area contributed by atoms with Gasteiger partial charge in [-0.1, -0.05) is 35.3 Å². The predicted octanol–water partition coefficient (Wildman–Crippen LogP) is 4.20. The third-order valence-corrected chi connectivity index (χ3v) is 3.13. The molecule has 0 radical (unpaired) electrons. The van der Waals surface area contributed by atoms with Gasteiger partial charge in [-0.05, 0) is 24.3 Å². The predicted molar refractivity (Wildman–Crippen MR) is 73.1 cm³/mol. The van der Waals surface area contributed by atoms with Crippen molar-refractivity contribution < 1.29 is 14.2 Å². The summed E-state index contributed by atoms with van der Waals surface area (Å²) in [6.45, 7) is -0.172. The zero-order chi connectivity index (χ0) is 13.8. The van der Waals surface area contributed by atoms with Crippen LogP contribution >= 0.6 is 23.2 Å². The molecule has 0 amide bonds. The second-order valence-corrected chi connectivity index (χ2v) is 4.76. The third kappa shape index (κ3) is 3.38. The van der Waals surface area contributed by atoms with E-state index >= 15 is 0 Å². The average Bonchev–Trinajstić information content (AvgIpc) is 2.41. The van der Waals surface area contributed by atoms with E-state index in [2.05, 4.69) is 0 Å². The molecule has 0 aliphatic heterocycles. The molecule has 0 fully saturated rings. The van der Waals surface area contributed by atoms with E-state index in [0.717, 1.165) is 0 Å². The van der Waals surface area contributed by atoms with Crippen LogP contribution in [0.15, 0.2) is 36.4 Å². The molecule has 100 valence electrons. The van der Waals surface area contributed by atoms with Crippen LogP contribution in [0.2, 0.25) is 10.0 Å². The lowest BCUT2D eigenvalue weighted by atomic mass is 10.2. The van der Waals surface area contributed by atoms with Gasteiger partial charge in [0, 0.05) is 16.1 Å². The fraction of sp³-hybridized carbons (Fsp3) is 0.143. The Balaban J connectivity index is 2.17. The topological polar surface area (TPSA) is 29.5 Å². The Morgan fingerprint density at radius 1 is 1.11 bits per heavy atom. The van der Waals surface area contributed by atoms with Crippen molar-refractivity contribution in [3.05, 3.63) is 63.4 Å². The van der Waals surface area contributed by atoms with Gasteiger partial charge in [0.15, 0.2) is 0 Å². The van der Waals surface area contributed by atoms with Crippen LogP contribution in [-0.2, 0) is 13.2 Å². The van der Waals surface area contributed by atoms with Crippen LogP contribution in [0.5, 0.6) is 5.75 Å². The van der Waals surface area contributed by atoms with E-state index in [-0.39, 0.29) is 18.2 Å². The highest BCUT2D eigenvalue weighted by Gasteiger charge is 2.09. The number of ether oxygens (including phenoxy) is 1. The first-order valence-electron chi connectivity index (χ1n) is 5.57. The zero-order valence-electron chi connectivity index (χ0n) is 9.87. The van der Waals surface area contributed by atoms with Crippen LogP contribution in [0.3, 0.4) is 0 Å². The Labute approximate surface area is 120 Å². The maximum absolute atomic E-state index is 13.7. The van der Waals surface area contributed by atoms with Gasteiger partial charge in [-0.25, -0.2) is 4.39 Å². The van der Waals surface area contributed by atoms with Gasteiger partial charge in [-0.2, -0.15) is 0 Å². The van der Waals surface area contributed by atoms with Crippen LogP contribution in [0.25, 0.3) is 0 Å². The van der Waals surface area contributed by atoms with Crippen molar-refractivity contribution in [3.8, 4) is 5.75 Å². The minimum Gasteiger partial charge on any atom is -0.488 e. The van der Waals surface area contributed by atoms with Crippen LogP contribution in [0, 0.1) is 5.82 Å². The van der Waals surface area contributed by atoms with Gasteiger partial charge in [0.05, 0.1) is 11.6 Å². The molecule has 0 spiro atoms. The molecule has 0 aliphatic carbocycles. The summed E-state index contributed by atoms with van der Waals surface area (Å²) in [4.78, 5) is 0. The van der Waals surface area contributed by atoms with Gasteiger partial charge >= 0.3 is 0 Å². The Morgan fingerprint density at radius 2 is 1.89 bits per heavy atom. The molecule has 19 heavy (non-hydrogen) atoms. The normalized spacial score (nSPS) is 10.5. The molecule has 2 nitrogen and oxygen atoms in total. The molecule has 5 heteroatoms. The maximum atomic E-state index is 13.7. The second-order valence-electron chi connectivity index (χ2n) is 3.91. The summed E-state index contributed by atoms with van der Waals surface area (Å²) in [5.74, 6) is -0.0324. The van der Waals surface area contributed by atoms with Gasteiger partial charge in [0.25, 0.3) is 0 Å². The number of benzene rings is 2. The summed E-state index contributed by atoms with van der Waals surface area (Å²) >= 11 is 11.5. The fourth-order valence-corrected chi connectivity index (χ4v) is 2.02. The van der Waals surface area contributed by atoms with Crippen LogP contribution in [0.4, 0.5) is 4.39 Å². The molecule has 0 saturated carbocycles. The lowest BCUT2D eigenvalue weighted by Crippen LogP contribution is -2.01. The number of halogens is 3. The molecule has 0 heterocycles. The minimum atomic E-state index is -0.497.